The summed E-state index contributed by atoms with van der Waals surface area (Å²) in [6.45, 7) is 4.88. The van der Waals surface area contributed by atoms with Crippen molar-refractivity contribution in [1.82, 2.24) is 15.2 Å². The van der Waals surface area contributed by atoms with Crippen LogP contribution in [0.3, 0.4) is 0 Å². The van der Waals surface area contributed by atoms with Gasteiger partial charge in [0.15, 0.2) is 0 Å². The predicted molar refractivity (Wildman–Crippen MR) is 80.1 cm³/mol. The van der Waals surface area contributed by atoms with Gasteiger partial charge in [0.25, 0.3) is 0 Å². The highest BCUT2D eigenvalue weighted by Crippen LogP contribution is 2.22. The van der Waals surface area contributed by atoms with Gasteiger partial charge in [-0.25, -0.2) is 4.79 Å². The highest BCUT2D eigenvalue weighted by molar-refractivity contribution is 5.75. The number of hydrogen-bond acceptors (Lipinski definition) is 3. The zero-order valence-corrected chi connectivity index (χ0v) is 12.7. The van der Waals surface area contributed by atoms with E-state index in [1.54, 1.807) is 13.2 Å². The van der Waals surface area contributed by atoms with E-state index in [1.165, 1.54) is 4.90 Å². The highest BCUT2D eigenvalue weighted by Gasteiger charge is 2.18. The minimum atomic E-state index is -0.912. The number of amides is 2. The Morgan fingerprint density at radius 3 is 2.67 bits per heavy atom. The standard InChI is InChI=1S/C15H23N3O3/c1-11(2)13(12-5-4-7-16-9-12)10-17-15(21)18(3)8-6-14(19)20/h4-5,7,9,11,13H,6,8,10H2,1-3H3,(H,17,21)(H,19,20). The van der Waals surface area contributed by atoms with E-state index in [0.717, 1.165) is 5.56 Å². The molecule has 1 atom stereocenters. The van der Waals surface area contributed by atoms with Crippen LogP contribution in [0.15, 0.2) is 24.5 Å². The smallest absolute Gasteiger partial charge is 0.317 e. The summed E-state index contributed by atoms with van der Waals surface area (Å²) < 4.78 is 0. The third kappa shape index (κ3) is 5.81. The summed E-state index contributed by atoms with van der Waals surface area (Å²) in [6, 6.07) is 3.62. The number of urea groups is 1. The van der Waals surface area contributed by atoms with Crippen molar-refractivity contribution in [3.8, 4) is 0 Å². The Bertz CT molecular complexity index is 462. The number of nitrogens with zero attached hydrogens (tertiary/aromatic N) is 2. The molecule has 0 aromatic carbocycles. The summed E-state index contributed by atoms with van der Waals surface area (Å²) >= 11 is 0. The van der Waals surface area contributed by atoms with Crippen molar-refractivity contribution in [3.63, 3.8) is 0 Å². The first-order chi connectivity index (χ1) is 9.91. The zero-order chi connectivity index (χ0) is 15.8. The maximum atomic E-state index is 11.9. The molecule has 2 amide bonds. The number of carbonyl (C=O) groups excluding carboxylic acids is 1. The van der Waals surface area contributed by atoms with Crippen molar-refractivity contribution in [2.75, 3.05) is 20.1 Å². The zero-order valence-electron chi connectivity index (χ0n) is 12.7. The van der Waals surface area contributed by atoms with E-state index in [9.17, 15) is 9.59 Å². The summed E-state index contributed by atoms with van der Waals surface area (Å²) in [6.07, 6.45) is 3.48. The number of aromatic nitrogens is 1. The fraction of sp³-hybridized carbons (Fsp3) is 0.533. The molecule has 21 heavy (non-hydrogen) atoms. The van der Waals surface area contributed by atoms with E-state index in [0.29, 0.717) is 12.5 Å². The highest BCUT2D eigenvalue weighted by atomic mass is 16.4. The summed E-state index contributed by atoms with van der Waals surface area (Å²) in [5.74, 6) is -0.376. The summed E-state index contributed by atoms with van der Waals surface area (Å²) in [5, 5.41) is 11.5. The Labute approximate surface area is 125 Å². The van der Waals surface area contributed by atoms with E-state index in [2.05, 4.69) is 24.1 Å². The molecular weight excluding hydrogens is 270 g/mol. The first kappa shape index (κ1) is 16.9. The van der Waals surface area contributed by atoms with Gasteiger partial charge in [0, 0.05) is 38.4 Å². The SMILES string of the molecule is CC(C)C(CNC(=O)N(C)CCC(=O)O)c1cccnc1. The first-order valence-corrected chi connectivity index (χ1v) is 7.02. The van der Waals surface area contributed by atoms with Gasteiger partial charge < -0.3 is 15.3 Å². The van der Waals surface area contributed by atoms with E-state index in [-0.39, 0.29) is 24.9 Å². The van der Waals surface area contributed by atoms with Gasteiger partial charge in [-0.05, 0) is 17.5 Å². The van der Waals surface area contributed by atoms with Gasteiger partial charge in [-0.2, -0.15) is 0 Å². The number of aliphatic carboxylic acids is 1. The van der Waals surface area contributed by atoms with Crippen molar-refractivity contribution >= 4 is 12.0 Å². The van der Waals surface area contributed by atoms with Crippen molar-refractivity contribution in [2.24, 2.45) is 5.92 Å². The lowest BCUT2D eigenvalue weighted by Gasteiger charge is -2.23. The van der Waals surface area contributed by atoms with Crippen molar-refractivity contribution < 1.29 is 14.7 Å². The molecule has 116 valence electrons. The number of hydrogen-bond donors (Lipinski definition) is 2. The molecule has 0 bridgehead atoms. The van der Waals surface area contributed by atoms with Crippen LogP contribution >= 0.6 is 0 Å². The molecule has 0 aliphatic rings. The van der Waals surface area contributed by atoms with Crippen LogP contribution in [0.4, 0.5) is 4.79 Å². The second kappa shape index (κ2) is 8.24. The predicted octanol–water partition coefficient (Wildman–Crippen LogP) is 1.94. The average Bonchev–Trinajstić information content (AvgIpc) is 2.45. The lowest BCUT2D eigenvalue weighted by atomic mass is 9.89. The molecule has 0 saturated carbocycles. The van der Waals surface area contributed by atoms with Crippen LogP contribution in [0.2, 0.25) is 0 Å². The number of pyridine rings is 1. The van der Waals surface area contributed by atoms with Crippen LogP contribution in [0.5, 0.6) is 0 Å². The Morgan fingerprint density at radius 1 is 1.43 bits per heavy atom. The largest absolute Gasteiger partial charge is 0.481 e. The fourth-order valence-corrected chi connectivity index (χ4v) is 2.03. The Hall–Kier alpha value is -2.11. The van der Waals surface area contributed by atoms with Crippen LogP contribution in [-0.2, 0) is 4.79 Å². The summed E-state index contributed by atoms with van der Waals surface area (Å²) in [5.41, 5.74) is 1.08. The summed E-state index contributed by atoms with van der Waals surface area (Å²) in [7, 11) is 1.59. The van der Waals surface area contributed by atoms with Gasteiger partial charge in [0.1, 0.15) is 0 Å². The second-order valence-electron chi connectivity index (χ2n) is 5.39. The Morgan fingerprint density at radius 2 is 2.14 bits per heavy atom. The Kier molecular flexibility index (Phi) is 6.65. The van der Waals surface area contributed by atoms with Crippen molar-refractivity contribution in [1.29, 1.82) is 0 Å². The van der Waals surface area contributed by atoms with Gasteiger partial charge in [0.2, 0.25) is 0 Å². The molecule has 2 N–H and O–H groups in total. The number of carboxylic acid groups (broad SMARTS) is 1. The van der Waals surface area contributed by atoms with Crippen LogP contribution in [-0.4, -0.2) is 47.1 Å². The third-order valence-electron chi connectivity index (χ3n) is 3.40. The van der Waals surface area contributed by atoms with E-state index in [1.807, 2.05) is 18.3 Å². The minimum Gasteiger partial charge on any atom is -0.481 e. The molecule has 0 radical (unpaired) electrons. The Balaban J connectivity index is 2.54. The van der Waals surface area contributed by atoms with Crippen molar-refractivity contribution in [2.45, 2.75) is 26.2 Å². The van der Waals surface area contributed by atoms with E-state index < -0.39 is 5.97 Å². The molecule has 1 aromatic rings. The lowest BCUT2D eigenvalue weighted by molar-refractivity contribution is -0.137. The molecular formula is C15H23N3O3. The molecule has 0 aliphatic carbocycles. The molecule has 6 nitrogen and oxygen atoms in total. The first-order valence-electron chi connectivity index (χ1n) is 7.02. The monoisotopic (exact) mass is 293 g/mol. The summed E-state index contributed by atoms with van der Waals surface area (Å²) in [4.78, 5) is 27.9. The van der Waals surface area contributed by atoms with E-state index in [4.69, 9.17) is 5.11 Å². The maximum absolute atomic E-state index is 11.9. The molecule has 1 unspecified atom stereocenters. The molecule has 1 heterocycles. The second-order valence-corrected chi connectivity index (χ2v) is 5.39. The number of rotatable bonds is 7. The van der Waals surface area contributed by atoms with Crippen LogP contribution < -0.4 is 5.32 Å². The maximum Gasteiger partial charge on any atom is 0.317 e. The van der Waals surface area contributed by atoms with E-state index >= 15 is 0 Å². The van der Waals surface area contributed by atoms with Crippen molar-refractivity contribution in [3.05, 3.63) is 30.1 Å². The average molecular weight is 293 g/mol. The number of nitrogens with one attached hydrogen (secondary N) is 1. The molecule has 1 aromatic heterocycles. The molecule has 1 rings (SSSR count). The third-order valence-corrected chi connectivity index (χ3v) is 3.40. The topological polar surface area (TPSA) is 82.5 Å². The van der Waals surface area contributed by atoms with Gasteiger partial charge in [-0.15, -0.1) is 0 Å². The molecule has 0 spiro atoms. The van der Waals surface area contributed by atoms with Gasteiger partial charge in [0.05, 0.1) is 6.42 Å². The van der Waals surface area contributed by atoms with Gasteiger partial charge in [-0.3, -0.25) is 9.78 Å². The fourth-order valence-electron chi connectivity index (χ4n) is 2.03. The number of carbonyl (C=O) groups is 2. The molecule has 0 aliphatic heterocycles. The van der Waals surface area contributed by atoms with Gasteiger partial charge >= 0.3 is 12.0 Å². The molecule has 0 fully saturated rings. The molecule has 6 heteroatoms. The van der Waals surface area contributed by atoms with Crippen LogP contribution in [0.25, 0.3) is 0 Å². The molecule has 0 saturated heterocycles. The lowest BCUT2D eigenvalue weighted by Crippen LogP contribution is -2.40. The number of carboxylic acids is 1. The quantitative estimate of drug-likeness (QED) is 0.805. The minimum absolute atomic E-state index is 0.0554. The van der Waals surface area contributed by atoms with Crippen LogP contribution in [0, 0.1) is 5.92 Å². The normalized spacial score (nSPS) is 12.0. The van der Waals surface area contributed by atoms with Crippen LogP contribution in [0.1, 0.15) is 31.7 Å². The van der Waals surface area contributed by atoms with Gasteiger partial charge in [-0.1, -0.05) is 19.9 Å².